The van der Waals surface area contributed by atoms with Gasteiger partial charge in [-0.2, -0.15) is 0 Å². The number of ether oxygens (including phenoxy) is 1. The molecule has 0 unspecified atom stereocenters. The van der Waals surface area contributed by atoms with E-state index < -0.39 is 11.5 Å². The van der Waals surface area contributed by atoms with Crippen LogP contribution in [0.4, 0.5) is 0 Å². The molecule has 0 spiro atoms. The highest BCUT2D eigenvalue weighted by Crippen LogP contribution is 2.17. The van der Waals surface area contributed by atoms with Gasteiger partial charge in [0.05, 0.1) is 12.2 Å². The van der Waals surface area contributed by atoms with Crippen molar-refractivity contribution in [2.24, 2.45) is 0 Å². The van der Waals surface area contributed by atoms with Crippen molar-refractivity contribution in [1.29, 1.82) is 0 Å². The average molecular weight is 336 g/mol. The lowest BCUT2D eigenvalue weighted by atomic mass is 10.1. The summed E-state index contributed by atoms with van der Waals surface area (Å²) < 4.78 is 5.40. The van der Waals surface area contributed by atoms with Crippen molar-refractivity contribution >= 4 is 17.8 Å². The fraction of sp³-hybridized carbons (Fsp3) is 0.471. The number of carbonyl (C=O) groups is 3. The van der Waals surface area contributed by atoms with Gasteiger partial charge in [-0.1, -0.05) is 12.1 Å². The fourth-order valence-corrected chi connectivity index (χ4v) is 1.95. The second kappa shape index (κ2) is 8.90. The summed E-state index contributed by atoms with van der Waals surface area (Å²) >= 11 is 0. The second-order valence-electron chi connectivity index (χ2n) is 5.77. The minimum atomic E-state index is -1.31. The molecule has 1 aromatic carbocycles. The number of amides is 2. The number of hydrogen-bond acceptors (Lipinski definition) is 4. The zero-order valence-electron chi connectivity index (χ0n) is 14.2. The molecule has 1 aromatic rings. The smallest absolute Gasteiger partial charge is 0.328 e. The Labute approximate surface area is 141 Å². The number of aliphatic carboxylic acids is 1. The van der Waals surface area contributed by atoms with E-state index in [-0.39, 0.29) is 18.2 Å². The molecule has 0 aromatic heterocycles. The Morgan fingerprint density at radius 2 is 1.88 bits per heavy atom. The molecule has 0 radical (unpaired) electrons. The third kappa shape index (κ3) is 5.91. The topological polar surface area (TPSA) is 105 Å². The van der Waals surface area contributed by atoms with E-state index in [1.165, 1.54) is 13.8 Å². The Morgan fingerprint density at radius 1 is 1.21 bits per heavy atom. The third-order valence-electron chi connectivity index (χ3n) is 3.28. The monoisotopic (exact) mass is 336 g/mol. The molecule has 7 nitrogen and oxygen atoms in total. The van der Waals surface area contributed by atoms with Gasteiger partial charge >= 0.3 is 5.97 Å². The van der Waals surface area contributed by atoms with Gasteiger partial charge < -0.3 is 20.5 Å². The molecule has 0 aliphatic heterocycles. The molecular formula is C17H24N2O5. The summed E-state index contributed by atoms with van der Waals surface area (Å²) in [5.41, 5.74) is -0.868. The van der Waals surface area contributed by atoms with Crippen molar-refractivity contribution < 1.29 is 24.2 Å². The summed E-state index contributed by atoms with van der Waals surface area (Å²) in [4.78, 5) is 34.8. The van der Waals surface area contributed by atoms with Gasteiger partial charge in [-0.05, 0) is 39.3 Å². The second-order valence-corrected chi connectivity index (χ2v) is 5.77. The van der Waals surface area contributed by atoms with Gasteiger partial charge in [0.2, 0.25) is 5.91 Å². The minimum Gasteiger partial charge on any atom is -0.493 e. The van der Waals surface area contributed by atoms with Crippen LogP contribution in [0.15, 0.2) is 24.3 Å². The lowest BCUT2D eigenvalue weighted by molar-refractivity contribution is -0.146. The number of carboxylic acid groups (broad SMARTS) is 1. The predicted octanol–water partition coefficient (Wildman–Crippen LogP) is 1.57. The van der Waals surface area contributed by atoms with Crippen LogP contribution in [0, 0.1) is 0 Å². The summed E-state index contributed by atoms with van der Waals surface area (Å²) in [6.07, 6.45) is 0.536. The van der Waals surface area contributed by atoms with Crippen molar-refractivity contribution in [3.05, 3.63) is 29.8 Å². The molecule has 0 aliphatic carbocycles. The highest BCUT2D eigenvalue weighted by atomic mass is 16.5. The van der Waals surface area contributed by atoms with Gasteiger partial charge in [-0.3, -0.25) is 9.59 Å². The Hall–Kier alpha value is -2.57. The lowest BCUT2D eigenvalue weighted by Crippen LogP contribution is -2.49. The number of para-hydroxylation sites is 1. The van der Waals surface area contributed by atoms with E-state index in [1.807, 2.05) is 6.92 Å². The molecule has 2 amide bonds. The molecule has 0 fully saturated rings. The summed E-state index contributed by atoms with van der Waals surface area (Å²) in [6, 6.07) is 6.93. The van der Waals surface area contributed by atoms with Crippen LogP contribution >= 0.6 is 0 Å². The molecule has 0 saturated carbocycles. The normalized spacial score (nSPS) is 10.8. The Kier molecular flexibility index (Phi) is 7.23. The van der Waals surface area contributed by atoms with Gasteiger partial charge in [0.1, 0.15) is 11.3 Å². The number of rotatable bonds is 9. The Balaban J connectivity index is 2.42. The first-order chi connectivity index (χ1) is 11.3. The molecule has 0 atom stereocenters. The molecule has 3 N–H and O–H groups in total. The first kappa shape index (κ1) is 19.5. The third-order valence-corrected chi connectivity index (χ3v) is 3.28. The Morgan fingerprint density at radius 3 is 2.50 bits per heavy atom. The van der Waals surface area contributed by atoms with Gasteiger partial charge in [-0.15, -0.1) is 0 Å². The van der Waals surface area contributed by atoms with Gasteiger partial charge in [0.25, 0.3) is 5.91 Å². The van der Waals surface area contributed by atoms with Crippen molar-refractivity contribution in [3.8, 4) is 5.75 Å². The van der Waals surface area contributed by atoms with Crippen LogP contribution in [-0.2, 0) is 9.59 Å². The molecule has 24 heavy (non-hydrogen) atoms. The SMILES string of the molecule is CCOc1ccccc1C(=O)NCCCC(=O)NC(C)(C)C(=O)O. The van der Waals surface area contributed by atoms with Gasteiger partial charge in [0.15, 0.2) is 0 Å². The van der Waals surface area contributed by atoms with Crippen LogP contribution in [0.1, 0.15) is 44.0 Å². The molecule has 0 bridgehead atoms. The fourth-order valence-electron chi connectivity index (χ4n) is 1.95. The number of carboxylic acids is 1. The van der Waals surface area contributed by atoms with Gasteiger partial charge in [-0.25, -0.2) is 4.79 Å². The van der Waals surface area contributed by atoms with Crippen molar-refractivity contribution in [3.63, 3.8) is 0 Å². The van der Waals surface area contributed by atoms with Gasteiger partial charge in [0, 0.05) is 13.0 Å². The molecule has 0 aliphatic rings. The molecule has 7 heteroatoms. The summed E-state index contributed by atoms with van der Waals surface area (Å²) in [6.45, 7) is 5.44. The molecular weight excluding hydrogens is 312 g/mol. The zero-order chi connectivity index (χ0) is 18.2. The predicted molar refractivity (Wildman–Crippen MR) is 89.0 cm³/mol. The quantitative estimate of drug-likeness (QED) is 0.594. The van der Waals surface area contributed by atoms with Crippen LogP contribution in [0.3, 0.4) is 0 Å². The van der Waals surface area contributed by atoms with E-state index in [0.29, 0.717) is 30.9 Å². The maximum absolute atomic E-state index is 12.1. The number of hydrogen-bond donors (Lipinski definition) is 3. The van der Waals surface area contributed by atoms with Crippen LogP contribution in [0.2, 0.25) is 0 Å². The molecule has 1 rings (SSSR count). The van der Waals surface area contributed by atoms with E-state index in [0.717, 1.165) is 0 Å². The van der Waals surface area contributed by atoms with E-state index >= 15 is 0 Å². The molecule has 0 saturated heterocycles. The number of carbonyl (C=O) groups excluding carboxylic acids is 2. The van der Waals surface area contributed by atoms with E-state index in [9.17, 15) is 14.4 Å². The maximum atomic E-state index is 12.1. The zero-order valence-corrected chi connectivity index (χ0v) is 14.2. The van der Waals surface area contributed by atoms with E-state index in [2.05, 4.69) is 10.6 Å². The summed E-state index contributed by atoms with van der Waals surface area (Å²) in [7, 11) is 0. The molecule has 132 valence electrons. The highest BCUT2D eigenvalue weighted by Gasteiger charge is 2.28. The number of benzene rings is 1. The van der Waals surface area contributed by atoms with Crippen LogP contribution in [0.25, 0.3) is 0 Å². The van der Waals surface area contributed by atoms with Crippen LogP contribution in [0.5, 0.6) is 5.75 Å². The van der Waals surface area contributed by atoms with Crippen molar-refractivity contribution in [2.45, 2.75) is 39.2 Å². The molecule has 0 heterocycles. The maximum Gasteiger partial charge on any atom is 0.328 e. The standard InChI is InChI=1S/C17H24N2O5/c1-4-24-13-9-6-5-8-12(13)15(21)18-11-7-10-14(20)19-17(2,3)16(22)23/h5-6,8-9H,4,7,10-11H2,1-3H3,(H,18,21)(H,19,20)(H,22,23). The largest absolute Gasteiger partial charge is 0.493 e. The van der Waals surface area contributed by atoms with Crippen molar-refractivity contribution in [2.75, 3.05) is 13.2 Å². The average Bonchev–Trinajstić information content (AvgIpc) is 2.51. The van der Waals surface area contributed by atoms with E-state index in [1.54, 1.807) is 24.3 Å². The highest BCUT2D eigenvalue weighted by molar-refractivity contribution is 5.96. The van der Waals surface area contributed by atoms with Crippen LogP contribution < -0.4 is 15.4 Å². The van der Waals surface area contributed by atoms with E-state index in [4.69, 9.17) is 9.84 Å². The lowest BCUT2D eigenvalue weighted by Gasteiger charge is -2.20. The number of nitrogens with one attached hydrogen (secondary N) is 2. The minimum absolute atomic E-state index is 0.129. The summed E-state index contributed by atoms with van der Waals surface area (Å²) in [5, 5.41) is 14.1. The first-order valence-corrected chi connectivity index (χ1v) is 7.82. The summed E-state index contributed by atoms with van der Waals surface area (Å²) in [5.74, 6) is -1.23. The first-order valence-electron chi connectivity index (χ1n) is 7.82. The van der Waals surface area contributed by atoms with Crippen molar-refractivity contribution in [1.82, 2.24) is 10.6 Å². The Bertz CT molecular complexity index is 598. The van der Waals surface area contributed by atoms with Crippen LogP contribution in [-0.4, -0.2) is 41.6 Å².